The van der Waals surface area contributed by atoms with E-state index in [4.69, 9.17) is 0 Å². The number of rotatable bonds is 4. The van der Waals surface area contributed by atoms with Crippen molar-refractivity contribution < 1.29 is 8.42 Å². The summed E-state index contributed by atoms with van der Waals surface area (Å²) in [6, 6.07) is 23.2. The zero-order chi connectivity index (χ0) is 18.0. The van der Waals surface area contributed by atoms with Crippen molar-refractivity contribution in [2.75, 3.05) is 10.6 Å². The Morgan fingerprint density at radius 3 is 1.84 bits per heavy atom. The van der Waals surface area contributed by atoms with Crippen LogP contribution < -0.4 is 4.31 Å². The third-order valence-electron chi connectivity index (χ3n) is 4.38. The van der Waals surface area contributed by atoms with Gasteiger partial charge in [-0.2, -0.15) is 0 Å². The van der Waals surface area contributed by atoms with Gasteiger partial charge in [0.2, 0.25) is 10.0 Å². The maximum Gasteiger partial charge on any atom is 0.236 e. The van der Waals surface area contributed by atoms with E-state index in [2.05, 4.69) is 12.1 Å². The quantitative estimate of drug-likeness (QED) is 0.658. The zero-order valence-corrected chi connectivity index (χ0v) is 15.4. The first-order chi connectivity index (χ1) is 11.9. The van der Waals surface area contributed by atoms with Gasteiger partial charge in [-0.05, 0) is 54.3 Å². The Bertz CT molecular complexity index is 981. The molecule has 3 aromatic rings. The molecule has 0 amide bonds. The van der Waals surface area contributed by atoms with Crippen LogP contribution in [0.2, 0.25) is 0 Å². The molecular weight excluding hydrogens is 330 g/mol. The van der Waals surface area contributed by atoms with Gasteiger partial charge in [0.25, 0.3) is 0 Å². The Balaban J connectivity index is 2.18. The summed E-state index contributed by atoms with van der Waals surface area (Å²) in [6.07, 6.45) is 1.24. The third-order valence-corrected chi connectivity index (χ3v) is 5.46. The zero-order valence-electron chi connectivity index (χ0n) is 14.6. The van der Waals surface area contributed by atoms with E-state index < -0.39 is 10.0 Å². The molecule has 0 N–H and O–H groups in total. The highest BCUT2D eigenvalue weighted by molar-refractivity contribution is 7.92. The number of hydrogen-bond acceptors (Lipinski definition) is 2. The largest absolute Gasteiger partial charge is 0.238 e. The topological polar surface area (TPSA) is 37.4 Å². The first-order valence-corrected chi connectivity index (χ1v) is 9.95. The predicted octanol–water partition coefficient (Wildman–Crippen LogP) is 5.07. The summed E-state index contributed by atoms with van der Waals surface area (Å²) < 4.78 is 26.4. The molecule has 3 rings (SSSR count). The molecular formula is C21H21NO2S. The van der Waals surface area contributed by atoms with Crippen LogP contribution in [-0.4, -0.2) is 14.7 Å². The maximum absolute atomic E-state index is 12.5. The molecule has 128 valence electrons. The Labute approximate surface area is 149 Å². The Morgan fingerprint density at radius 2 is 1.28 bits per heavy atom. The monoisotopic (exact) mass is 351 g/mol. The normalized spacial score (nSPS) is 11.3. The molecule has 0 aliphatic carbocycles. The van der Waals surface area contributed by atoms with Crippen molar-refractivity contribution in [3.05, 3.63) is 83.9 Å². The minimum Gasteiger partial charge on any atom is -0.238 e. The van der Waals surface area contributed by atoms with Crippen LogP contribution in [0.4, 0.5) is 11.4 Å². The van der Waals surface area contributed by atoms with Crippen molar-refractivity contribution in [1.82, 2.24) is 0 Å². The molecule has 0 unspecified atom stereocenters. The predicted molar refractivity (Wildman–Crippen MR) is 105 cm³/mol. The van der Waals surface area contributed by atoms with Crippen molar-refractivity contribution >= 4 is 21.4 Å². The minimum atomic E-state index is -3.45. The second kappa shape index (κ2) is 6.73. The molecule has 0 heterocycles. The second-order valence-corrected chi connectivity index (χ2v) is 7.94. The number of benzene rings is 3. The average molecular weight is 351 g/mol. The summed E-state index contributed by atoms with van der Waals surface area (Å²) in [4.78, 5) is 0. The molecule has 0 aromatic heterocycles. The molecule has 25 heavy (non-hydrogen) atoms. The lowest BCUT2D eigenvalue weighted by Crippen LogP contribution is -2.25. The standard InChI is InChI=1S/C21H21NO2S/c1-16-17(2)21(15-14-20(16)18-10-6-4-7-11-18)22(25(3,23)24)19-12-8-5-9-13-19/h4-15H,1-3H3. The molecule has 0 spiro atoms. The van der Waals surface area contributed by atoms with E-state index >= 15 is 0 Å². The van der Waals surface area contributed by atoms with E-state index in [1.165, 1.54) is 10.6 Å². The number of hydrogen-bond donors (Lipinski definition) is 0. The fourth-order valence-corrected chi connectivity index (χ4v) is 4.09. The van der Waals surface area contributed by atoms with Crippen molar-refractivity contribution in [2.45, 2.75) is 13.8 Å². The Morgan fingerprint density at radius 1 is 0.720 bits per heavy atom. The van der Waals surface area contributed by atoms with Gasteiger partial charge in [-0.15, -0.1) is 0 Å². The Hall–Kier alpha value is -2.59. The van der Waals surface area contributed by atoms with Crippen molar-refractivity contribution in [3.63, 3.8) is 0 Å². The van der Waals surface area contributed by atoms with Crippen LogP contribution in [0.3, 0.4) is 0 Å². The summed E-state index contributed by atoms with van der Waals surface area (Å²) in [7, 11) is -3.45. The fraction of sp³-hybridized carbons (Fsp3) is 0.143. The van der Waals surface area contributed by atoms with Crippen LogP contribution in [-0.2, 0) is 10.0 Å². The minimum absolute atomic E-state index is 0.639. The van der Waals surface area contributed by atoms with Crippen LogP contribution in [0.15, 0.2) is 72.8 Å². The lowest BCUT2D eigenvalue weighted by atomic mass is 9.96. The lowest BCUT2D eigenvalue weighted by Gasteiger charge is -2.26. The average Bonchev–Trinajstić information content (AvgIpc) is 2.60. The molecule has 3 aromatic carbocycles. The van der Waals surface area contributed by atoms with Crippen molar-refractivity contribution in [3.8, 4) is 11.1 Å². The van der Waals surface area contributed by atoms with E-state index in [-0.39, 0.29) is 0 Å². The van der Waals surface area contributed by atoms with Gasteiger partial charge in [-0.1, -0.05) is 54.6 Å². The first-order valence-electron chi connectivity index (χ1n) is 8.10. The summed E-state index contributed by atoms with van der Waals surface area (Å²) in [5.41, 5.74) is 5.60. The first kappa shape index (κ1) is 17.2. The third kappa shape index (κ3) is 3.44. The molecule has 0 atom stereocenters. The number of nitrogens with zero attached hydrogens (tertiary/aromatic N) is 1. The number of para-hydroxylation sites is 1. The fourth-order valence-electron chi connectivity index (χ4n) is 3.03. The molecule has 0 bridgehead atoms. The number of sulfonamides is 1. The lowest BCUT2D eigenvalue weighted by molar-refractivity contribution is 0.602. The van der Waals surface area contributed by atoms with Crippen molar-refractivity contribution in [2.24, 2.45) is 0 Å². The van der Waals surface area contributed by atoms with Crippen molar-refractivity contribution in [1.29, 1.82) is 0 Å². The molecule has 0 aliphatic rings. The van der Waals surface area contributed by atoms with Gasteiger partial charge in [0.1, 0.15) is 0 Å². The molecule has 0 saturated heterocycles. The second-order valence-electron chi connectivity index (χ2n) is 6.11. The van der Waals surface area contributed by atoms with E-state index in [1.807, 2.05) is 62.4 Å². The molecule has 3 nitrogen and oxygen atoms in total. The molecule has 0 fully saturated rings. The van der Waals surface area contributed by atoms with Crippen LogP contribution >= 0.6 is 0 Å². The highest BCUT2D eigenvalue weighted by Gasteiger charge is 2.22. The molecule has 4 heteroatoms. The highest BCUT2D eigenvalue weighted by Crippen LogP contribution is 2.36. The smallest absolute Gasteiger partial charge is 0.236 e. The SMILES string of the molecule is Cc1c(-c2ccccc2)ccc(N(c2ccccc2)S(C)(=O)=O)c1C. The van der Waals surface area contributed by atoms with Gasteiger partial charge in [-0.25, -0.2) is 12.7 Å². The summed E-state index contributed by atoms with van der Waals surface area (Å²) in [5.74, 6) is 0. The Kier molecular flexibility index (Phi) is 4.64. The van der Waals surface area contributed by atoms with E-state index in [0.717, 1.165) is 22.3 Å². The van der Waals surface area contributed by atoms with E-state index in [1.54, 1.807) is 12.1 Å². The summed E-state index contributed by atoms with van der Waals surface area (Å²) in [6.45, 7) is 4.00. The van der Waals surface area contributed by atoms with Crippen LogP contribution in [0.25, 0.3) is 11.1 Å². The van der Waals surface area contributed by atoms with Crippen LogP contribution in [0.5, 0.6) is 0 Å². The van der Waals surface area contributed by atoms with Gasteiger partial charge in [0.15, 0.2) is 0 Å². The van der Waals surface area contributed by atoms with Gasteiger partial charge in [-0.3, -0.25) is 0 Å². The molecule has 0 aliphatic heterocycles. The van der Waals surface area contributed by atoms with Gasteiger partial charge in [0.05, 0.1) is 17.6 Å². The van der Waals surface area contributed by atoms with Crippen LogP contribution in [0.1, 0.15) is 11.1 Å². The number of anilines is 2. The summed E-state index contributed by atoms with van der Waals surface area (Å²) in [5, 5.41) is 0. The van der Waals surface area contributed by atoms with Gasteiger partial charge >= 0.3 is 0 Å². The highest BCUT2D eigenvalue weighted by atomic mass is 32.2. The molecule has 0 radical (unpaired) electrons. The van der Waals surface area contributed by atoms with E-state index in [0.29, 0.717) is 11.4 Å². The van der Waals surface area contributed by atoms with E-state index in [9.17, 15) is 8.42 Å². The molecule has 0 saturated carbocycles. The maximum atomic E-state index is 12.5. The summed E-state index contributed by atoms with van der Waals surface area (Å²) >= 11 is 0. The van der Waals surface area contributed by atoms with Gasteiger partial charge in [0, 0.05) is 0 Å². The van der Waals surface area contributed by atoms with Crippen LogP contribution in [0, 0.1) is 13.8 Å². The van der Waals surface area contributed by atoms with Gasteiger partial charge < -0.3 is 0 Å².